The number of carbonyl (C=O) groups excluding carboxylic acids is 1. The van der Waals surface area contributed by atoms with Crippen LogP contribution in [0, 0.1) is 0 Å². The summed E-state index contributed by atoms with van der Waals surface area (Å²) < 4.78 is 6.45. The zero-order valence-corrected chi connectivity index (χ0v) is 14.2. The summed E-state index contributed by atoms with van der Waals surface area (Å²) in [7, 11) is 0. The number of para-hydroxylation sites is 1. The molecule has 0 radical (unpaired) electrons. The van der Waals surface area contributed by atoms with E-state index in [2.05, 4.69) is 22.0 Å². The van der Waals surface area contributed by atoms with Gasteiger partial charge in [-0.25, -0.2) is 0 Å². The third kappa shape index (κ3) is 3.28. The van der Waals surface area contributed by atoms with Gasteiger partial charge in [0, 0.05) is 16.7 Å². The summed E-state index contributed by atoms with van der Waals surface area (Å²) in [5, 5.41) is 0.487. The third-order valence-electron chi connectivity index (χ3n) is 3.66. The molecule has 1 aliphatic rings. The smallest absolute Gasteiger partial charge is 0.264 e. The van der Waals surface area contributed by atoms with Gasteiger partial charge >= 0.3 is 0 Å². The van der Waals surface area contributed by atoms with Crippen molar-refractivity contribution >= 4 is 39.1 Å². The van der Waals surface area contributed by atoms with Gasteiger partial charge < -0.3 is 9.64 Å². The van der Waals surface area contributed by atoms with Gasteiger partial charge in [-0.1, -0.05) is 45.7 Å². The highest BCUT2D eigenvalue weighted by Crippen LogP contribution is 2.29. The number of carbonyl (C=O) groups is 1. The maximum Gasteiger partial charge on any atom is 0.264 e. The van der Waals surface area contributed by atoms with Gasteiger partial charge in [0.25, 0.3) is 5.91 Å². The first-order valence-electron chi connectivity index (χ1n) is 7.11. The molecular weight excluding hydrogens is 366 g/mol. The van der Waals surface area contributed by atoms with Crippen LogP contribution in [0.25, 0.3) is 0 Å². The predicted molar refractivity (Wildman–Crippen MR) is 91.8 cm³/mol. The second-order valence-corrected chi connectivity index (χ2v) is 6.46. The molecule has 22 heavy (non-hydrogen) atoms. The van der Waals surface area contributed by atoms with Crippen LogP contribution in [0.3, 0.4) is 0 Å². The fraction of sp³-hybridized carbons (Fsp3) is 0.235. The van der Waals surface area contributed by atoms with E-state index in [0.717, 1.165) is 29.5 Å². The van der Waals surface area contributed by atoms with Crippen molar-refractivity contribution in [2.24, 2.45) is 0 Å². The topological polar surface area (TPSA) is 29.5 Å². The Kier molecular flexibility index (Phi) is 4.69. The normalized spacial score (nSPS) is 13.6. The molecule has 5 heteroatoms. The standard InChI is InChI=1S/C17H15BrClNO2/c18-13-7-8-16(14(19)10-13)22-11-17(21)20-9-3-5-12-4-1-2-6-15(12)20/h1-2,4,6-8,10H,3,5,9,11H2. The maximum atomic E-state index is 12.5. The van der Waals surface area contributed by atoms with E-state index in [1.165, 1.54) is 5.56 Å². The summed E-state index contributed by atoms with van der Waals surface area (Å²) >= 11 is 9.44. The molecule has 1 heterocycles. The minimum absolute atomic E-state index is 0.0182. The lowest BCUT2D eigenvalue weighted by Gasteiger charge is -2.29. The van der Waals surface area contributed by atoms with Gasteiger partial charge in [-0.3, -0.25) is 4.79 Å². The molecule has 0 atom stereocenters. The van der Waals surface area contributed by atoms with Crippen molar-refractivity contribution in [3.05, 3.63) is 57.5 Å². The summed E-state index contributed by atoms with van der Waals surface area (Å²) in [6.07, 6.45) is 1.99. The first-order chi connectivity index (χ1) is 10.6. The molecule has 2 aromatic rings. The average molecular weight is 381 g/mol. The van der Waals surface area contributed by atoms with Crippen LogP contribution in [0.15, 0.2) is 46.9 Å². The van der Waals surface area contributed by atoms with Crippen LogP contribution in [0.4, 0.5) is 5.69 Å². The number of amides is 1. The number of rotatable bonds is 3. The Labute approximate surface area is 143 Å². The largest absolute Gasteiger partial charge is 0.482 e. The molecule has 2 aromatic carbocycles. The summed E-state index contributed by atoms with van der Waals surface area (Å²) in [4.78, 5) is 14.3. The Morgan fingerprint density at radius 3 is 2.91 bits per heavy atom. The van der Waals surface area contributed by atoms with Crippen molar-refractivity contribution in [3.63, 3.8) is 0 Å². The van der Waals surface area contributed by atoms with Crippen molar-refractivity contribution in [1.29, 1.82) is 0 Å². The molecule has 3 nitrogen and oxygen atoms in total. The van der Waals surface area contributed by atoms with Gasteiger partial charge in [0.15, 0.2) is 6.61 Å². The molecular formula is C17H15BrClNO2. The Hall–Kier alpha value is -1.52. The van der Waals surface area contributed by atoms with Crippen molar-refractivity contribution in [3.8, 4) is 5.75 Å². The summed E-state index contributed by atoms with van der Waals surface area (Å²) in [5.41, 5.74) is 2.20. The number of anilines is 1. The molecule has 0 unspecified atom stereocenters. The van der Waals surface area contributed by atoms with Crippen LogP contribution in [0.1, 0.15) is 12.0 Å². The fourth-order valence-corrected chi connectivity index (χ4v) is 3.33. The highest BCUT2D eigenvalue weighted by Gasteiger charge is 2.22. The number of hydrogen-bond donors (Lipinski definition) is 0. The Balaban J connectivity index is 1.70. The van der Waals surface area contributed by atoms with E-state index in [-0.39, 0.29) is 12.5 Å². The number of nitrogens with zero attached hydrogens (tertiary/aromatic N) is 1. The Morgan fingerprint density at radius 1 is 1.27 bits per heavy atom. The van der Waals surface area contributed by atoms with E-state index in [1.807, 2.05) is 24.3 Å². The van der Waals surface area contributed by atoms with Crippen LogP contribution in [0.5, 0.6) is 5.75 Å². The zero-order valence-electron chi connectivity index (χ0n) is 11.9. The van der Waals surface area contributed by atoms with Crippen LogP contribution >= 0.6 is 27.5 Å². The van der Waals surface area contributed by atoms with E-state index < -0.39 is 0 Å². The molecule has 0 aliphatic carbocycles. The number of ether oxygens (including phenoxy) is 1. The predicted octanol–water partition coefficient (Wildman–Crippen LogP) is 4.46. The molecule has 3 rings (SSSR count). The van der Waals surface area contributed by atoms with Crippen LogP contribution in [-0.2, 0) is 11.2 Å². The molecule has 114 valence electrons. The zero-order chi connectivity index (χ0) is 15.5. The number of aryl methyl sites for hydroxylation is 1. The lowest BCUT2D eigenvalue weighted by atomic mass is 10.0. The summed E-state index contributed by atoms with van der Waals surface area (Å²) in [5.74, 6) is 0.467. The number of fused-ring (bicyclic) bond motifs is 1. The molecule has 1 aliphatic heterocycles. The highest BCUT2D eigenvalue weighted by atomic mass is 79.9. The molecule has 1 amide bonds. The first-order valence-corrected chi connectivity index (χ1v) is 8.28. The van der Waals surface area contributed by atoms with Crippen LogP contribution < -0.4 is 9.64 Å². The third-order valence-corrected chi connectivity index (χ3v) is 4.44. The van der Waals surface area contributed by atoms with Gasteiger partial charge in [0.1, 0.15) is 5.75 Å². The number of benzene rings is 2. The molecule has 0 N–H and O–H groups in total. The lowest BCUT2D eigenvalue weighted by Crippen LogP contribution is -2.38. The molecule has 0 aromatic heterocycles. The van der Waals surface area contributed by atoms with Crippen molar-refractivity contribution in [1.82, 2.24) is 0 Å². The summed E-state index contributed by atoms with van der Waals surface area (Å²) in [6, 6.07) is 13.4. The van der Waals surface area contributed by atoms with E-state index in [1.54, 1.807) is 17.0 Å². The van der Waals surface area contributed by atoms with Gasteiger partial charge in [-0.05, 0) is 42.7 Å². The second-order valence-electron chi connectivity index (χ2n) is 5.14. The average Bonchev–Trinajstić information content (AvgIpc) is 2.53. The molecule has 0 spiro atoms. The van der Waals surface area contributed by atoms with Crippen LogP contribution in [-0.4, -0.2) is 19.1 Å². The highest BCUT2D eigenvalue weighted by molar-refractivity contribution is 9.10. The Bertz CT molecular complexity index is 705. The van der Waals surface area contributed by atoms with Crippen molar-refractivity contribution in [2.75, 3.05) is 18.1 Å². The van der Waals surface area contributed by atoms with E-state index in [0.29, 0.717) is 10.8 Å². The molecule has 0 saturated carbocycles. The Morgan fingerprint density at radius 2 is 2.09 bits per heavy atom. The first kappa shape index (κ1) is 15.4. The quantitative estimate of drug-likeness (QED) is 0.787. The molecule has 0 saturated heterocycles. The monoisotopic (exact) mass is 379 g/mol. The maximum absolute atomic E-state index is 12.5. The van der Waals surface area contributed by atoms with Crippen LogP contribution in [0.2, 0.25) is 5.02 Å². The minimum atomic E-state index is -0.0499. The van der Waals surface area contributed by atoms with E-state index in [4.69, 9.17) is 16.3 Å². The van der Waals surface area contributed by atoms with Gasteiger partial charge in [0.05, 0.1) is 5.02 Å². The molecule has 0 bridgehead atoms. The SMILES string of the molecule is O=C(COc1ccc(Br)cc1Cl)N1CCCc2ccccc21. The van der Waals surface area contributed by atoms with Gasteiger partial charge in [-0.2, -0.15) is 0 Å². The second kappa shape index (κ2) is 6.71. The number of halogens is 2. The summed E-state index contributed by atoms with van der Waals surface area (Å²) in [6.45, 7) is 0.711. The van der Waals surface area contributed by atoms with Gasteiger partial charge in [-0.15, -0.1) is 0 Å². The van der Waals surface area contributed by atoms with Gasteiger partial charge in [0.2, 0.25) is 0 Å². The van der Waals surface area contributed by atoms with E-state index in [9.17, 15) is 4.79 Å². The number of hydrogen-bond acceptors (Lipinski definition) is 2. The fourth-order valence-electron chi connectivity index (χ4n) is 2.60. The minimum Gasteiger partial charge on any atom is -0.482 e. The van der Waals surface area contributed by atoms with Crippen molar-refractivity contribution in [2.45, 2.75) is 12.8 Å². The van der Waals surface area contributed by atoms with E-state index >= 15 is 0 Å². The molecule has 0 fully saturated rings. The van der Waals surface area contributed by atoms with Crippen molar-refractivity contribution < 1.29 is 9.53 Å². The lowest BCUT2D eigenvalue weighted by molar-refractivity contribution is -0.120.